The number of halogens is 1. The minimum absolute atomic E-state index is 0.0364. The standard InChI is InChI=1S/C12H15BrO3/c1-7(13)6-12-9(4-3-5-10(12)14)8(2)16-11(12)15/h3,5,8-10,14H,1,4,6H2,2H3/t8-,9+,10-,12-/m1/s1. The molecule has 1 saturated heterocycles. The number of fused-ring (bicyclic) bond motifs is 1. The van der Waals surface area contributed by atoms with Crippen molar-refractivity contribution in [1.82, 2.24) is 0 Å². The Labute approximate surface area is 103 Å². The molecule has 4 heteroatoms. The van der Waals surface area contributed by atoms with Crippen molar-refractivity contribution < 1.29 is 14.6 Å². The molecule has 88 valence electrons. The third-order valence-electron chi connectivity index (χ3n) is 3.62. The van der Waals surface area contributed by atoms with Crippen molar-refractivity contribution in [1.29, 1.82) is 0 Å². The molecule has 1 fully saturated rings. The summed E-state index contributed by atoms with van der Waals surface area (Å²) in [7, 11) is 0. The van der Waals surface area contributed by atoms with Crippen LogP contribution in [0, 0.1) is 11.3 Å². The highest BCUT2D eigenvalue weighted by Crippen LogP contribution is 2.51. The molecule has 0 aromatic carbocycles. The van der Waals surface area contributed by atoms with E-state index in [4.69, 9.17) is 4.74 Å². The Bertz CT molecular complexity index is 363. The Hall–Kier alpha value is -0.610. The van der Waals surface area contributed by atoms with Crippen LogP contribution in [0.25, 0.3) is 0 Å². The van der Waals surface area contributed by atoms with Crippen molar-refractivity contribution in [2.75, 3.05) is 0 Å². The summed E-state index contributed by atoms with van der Waals surface area (Å²) >= 11 is 3.28. The maximum atomic E-state index is 12.0. The van der Waals surface area contributed by atoms with E-state index in [1.165, 1.54) is 0 Å². The predicted octanol–water partition coefficient (Wildman–Crippen LogP) is 2.15. The van der Waals surface area contributed by atoms with Crippen LogP contribution in [0.2, 0.25) is 0 Å². The van der Waals surface area contributed by atoms with E-state index in [9.17, 15) is 9.90 Å². The second-order valence-corrected chi connectivity index (χ2v) is 5.68. The van der Waals surface area contributed by atoms with Crippen LogP contribution in [0.3, 0.4) is 0 Å². The van der Waals surface area contributed by atoms with Gasteiger partial charge in [0, 0.05) is 5.92 Å². The smallest absolute Gasteiger partial charge is 0.316 e. The van der Waals surface area contributed by atoms with Gasteiger partial charge in [-0.1, -0.05) is 34.7 Å². The molecule has 0 radical (unpaired) electrons. The zero-order valence-corrected chi connectivity index (χ0v) is 10.7. The first-order valence-corrected chi connectivity index (χ1v) is 6.17. The van der Waals surface area contributed by atoms with Crippen LogP contribution in [-0.2, 0) is 9.53 Å². The lowest BCUT2D eigenvalue weighted by Crippen LogP contribution is -2.46. The quantitative estimate of drug-likeness (QED) is 0.625. The van der Waals surface area contributed by atoms with Crippen molar-refractivity contribution in [2.24, 2.45) is 11.3 Å². The summed E-state index contributed by atoms with van der Waals surface area (Å²) in [5.41, 5.74) is -0.839. The van der Waals surface area contributed by atoms with Gasteiger partial charge in [-0.05, 0) is 24.2 Å². The number of rotatable bonds is 2. The zero-order chi connectivity index (χ0) is 11.9. The van der Waals surface area contributed by atoms with E-state index in [0.717, 1.165) is 10.9 Å². The molecule has 0 aromatic rings. The van der Waals surface area contributed by atoms with Crippen molar-refractivity contribution in [3.8, 4) is 0 Å². The molecule has 3 nitrogen and oxygen atoms in total. The number of aliphatic hydroxyl groups excluding tert-OH is 1. The van der Waals surface area contributed by atoms with E-state index < -0.39 is 11.5 Å². The molecule has 2 rings (SSSR count). The fraction of sp³-hybridized carbons (Fsp3) is 0.583. The average molecular weight is 287 g/mol. The van der Waals surface area contributed by atoms with Gasteiger partial charge in [-0.25, -0.2) is 0 Å². The Balaban J connectivity index is 2.43. The Kier molecular flexibility index (Phi) is 2.97. The van der Waals surface area contributed by atoms with Crippen molar-refractivity contribution in [3.05, 3.63) is 23.2 Å². The summed E-state index contributed by atoms with van der Waals surface area (Å²) in [5, 5.41) is 10.1. The number of esters is 1. The highest BCUT2D eigenvalue weighted by molar-refractivity contribution is 9.11. The first kappa shape index (κ1) is 11.9. The average Bonchev–Trinajstić information content (AvgIpc) is 2.42. The van der Waals surface area contributed by atoms with Crippen LogP contribution in [-0.4, -0.2) is 23.3 Å². The van der Waals surface area contributed by atoms with Gasteiger partial charge in [0.05, 0.1) is 6.10 Å². The molecule has 0 unspecified atom stereocenters. The van der Waals surface area contributed by atoms with Crippen molar-refractivity contribution >= 4 is 21.9 Å². The molecule has 1 aliphatic heterocycles. The van der Waals surface area contributed by atoms with Crippen molar-refractivity contribution in [3.63, 3.8) is 0 Å². The lowest BCUT2D eigenvalue weighted by molar-refractivity contribution is -0.152. The van der Waals surface area contributed by atoms with Crippen LogP contribution < -0.4 is 0 Å². The fourth-order valence-corrected chi connectivity index (χ4v) is 3.29. The van der Waals surface area contributed by atoms with Gasteiger partial charge in [0.25, 0.3) is 0 Å². The third-order valence-corrected chi connectivity index (χ3v) is 3.90. The summed E-state index contributed by atoms with van der Waals surface area (Å²) in [4.78, 5) is 12.0. The number of cyclic esters (lactones) is 1. The lowest BCUT2D eigenvalue weighted by atomic mass is 9.65. The monoisotopic (exact) mass is 286 g/mol. The summed E-state index contributed by atoms with van der Waals surface area (Å²) in [6, 6.07) is 0. The maximum absolute atomic E-state index is 12.0. The molecule has 0 saturated carbocycles. The van der Waals surface area contributed by atoms with Gasteiger partial charge < -0.3 is 9.84 Å². The Morgan fingerprint density at radius 1 is 1.81 bits per heavy atom. The van der Waals surface area contributed by atoms with Crippen LogP contribution in [0.4, 0.5) is 0 Å². The van der Waals surface area contributed by atoms with Crippen LogP contribution in [0.5, 0.6) is 0 Å². The number of aliphatic hydroxyl groups is 1. The molecule has 2 aliphatic rings. The molecule has 16 heavy (non-hydrogen) atoms. The number of hydrogen-bond donors (Lipinski definition) is 1. The molecule has 4 atom stereocenters. The van der Waals surface area contributed by atoms with Crippen LogP contribution in [0.15, 0.2) is 23.2 Å². The largest absolute Gasteiger partial charge is 0.462 e. The first-order valence-electron chi connectivity index (χ1n) is 5.37. The minimum Gasteiger partial charge on any atom is -0.462 e. The third kappa shape index (κ3) is 1.55. The zero-order valence-electron chi connectivity index (χ0n) is 9.15. The minimum atomic E-state index is -0.839. The summed E-state index contributed by atoms with van der Waals surface area (Å²) in [5.74, 6) is -0.267. The van der Waals surface area contributed by atoms with Gasteiger partial charge in [-0.15, -0.1) is 0 Å². The molecule has 0 amide bonds. The summed E-state index contributed by atoms with van der Waals surface area (Å²) in [6.07, 6.45) is 3.88. The summed E-state index contributed by atoms with van der Waals surface area (Å²) < 4.78 is 6.00. The van der Waals surface area contributed by atoms with Crippen LogP contribution in [0.1, 0.15) is 19.8 Å². The highest BCUT2D eigenvalue weighted by atomic mass is 79.9. The van der Waals surface area contributed by atoms with Crippen LogP contribution >= 0.6 is 15.9 Å². The normalized spacial score (nSPS) is 41.7. The van der Waals surface area contributed by atoms with E-state index in [1.807, 2.05) is 13.0 Å². The van der Waals surface area contributed by atoms with E-state index in [1.54, 1.807) is 6.08 Å². The predicted molar refractivity (Wildman–Crippen MR) is 63.9 cm³/mol. The van der Waals surface area contributed by atoms with E-state index in [2.05, 4.69) is 22.5 Å². The Morgan fingerprint density at radius 2 is 2.50 bits per heavy atom. The molecule has 1 N–H and O–H groups in total. The van der Waals surface area contributed by atoms with Gasteiger partial charge in [0.1, 0.15) is 11.5 Å². The molecule has 0 bridgehead atoms. The number of allylic oxidation sites excluding steroid dienone is 2. The Morgan fingerprint density at radius 3 is 3.12 bits per heavy atom. The van der Waals surface area contributed by atoms with Gasteiger partial charge in [-0.2, -0.15) is 0 Å². The second kappa shape index (κ2) is 4.00. The van der Waals surface area contributed by atoms with Gasteiger partial charge in [-0.3, -0.25) is 4.79 Å². The SMILES string of the molecule is C=C(Br)C[C@@]12C(=O)O[C@H](C)[C@@H]1CC=C[C@H]2O. The van der Waals surface area contributed by atoms with E-state index >= 15 is 0 Å². The number of carbonyl (C=O) groups excluding carboxylic acids is 1. The topological polar surface area (TPSA) is 46.5 Å². The number of hydrogen-bond acceptors (Lipinski definition) is 3. The molecule has 0 spiro atoms. The number of ether oxygens (including phenoxy) is 1. The lowest BCUT2D eigenvalue weighted by Gasteiger charge is -2.37. The highest BCUT2D eigenvalue weighted by Gasteiger charge is 2.59. The molecular weight excluding hydrogens is 272 g/mol. The summed E-state index contributed by atoms with van der Waals surface area (Å²) in [6.45, 7) is 5.65. The fourth-order valence-electron chi connectivity index (χ4n) is 2.82. The maximum Gasteiger partial charge on any atom is 0.316 e. The van der Waals surface area contributed by atoms with E-state index in [0.29, 0.717) is 6.42 Å². The molecule has 0 aromatic heterocycles. The molecule has 1 heterocycles. The van der Waals surface area contributed by atoms with Gasteiger partial charge >= 0.3 is 5.97 Å². The molecule has 1 aliphatic carbocycles. The molecular formula is C12H15BrO3. The van der Waals surface area contributed by atoms with E-state index in [-0.39, 0.29) is 18.0 Å². The second-order valence-electron chi connectivity index (χ2n) is 4.56. The number of carbonyl (C=O) groups is 1. The van der Waals surface area contributed by atoms with Gasteiger partial charge in [0.15, 0.2) is 0 Å². The van der Waals surface area contributed by atoms with Crippen molar-refractivity contribution in [2.45, 2.75) is 32.0 Å². The van der Waals surface area contributed by atoms with Gasteiger partial charge in [0.2, 0.25) is 0 Å². The first-order chi connectivity index (χ1) is 7.48.